The molecule has 0 aliphatic carbocycles. The second-order valence-corrected chi connectivity index (χ2v) is 8.08. The van der Waals surface area contributed by atoms with Crippen LogP contribution in [0.4, 0.5) is 16.2 Å². The Kier molecular flexibility index (Phi) is 7.04. The summed E-state index contributed by atoms with van der Waals surface area (Å²) in [5, 5.41) is 9.32. The zero-order valence-corrected chi connectivity index (χ0v) is 18.2. The van der Waals surface area contributed by atoms with E-state index in [-0.39, 0.29) is 12.5 Å². The predicted molar refractivity (Wildman–Crippen MR) is 126 cm³/mol. The number of carbonyl (C=O) groups excluding carboxylic acids is 2. The van der Waals surface area contributed by atoms with Gasteiger partial charge in [0.1, 0.15) is 6.61 Å². The van der Waals surface area contributed by atoms with Gasteiger partial charge in [-0.25, -0.2) is 4.79 Å². The van der Waals surface area contributed by atoms with E-state index in [9.17, 15) is 9.59 Å². The minimum atomic E-state index is -0.626. The van der Waals surface area contributed by atoms with E-state index >= 15 is 0 Å². The van der Waals surface area contributed by atoms with Gasteiger partial charge < -0.3 is 15.4 Å². The standard InChI is InChI=1S/C25H24ClN3O3/c26-20-12-19(14-22(15-20)29-25(31)32-16-17-6-2-1-3-7-17)24(30)28-21-9-4-8-18(13-21)23-10-5-11-27-23/h1-4,6-9,12-15,23,27H,5,10-11,16H2,(H,28,30)(H,29,31)/t23-/m1/s1. The SMILES string of the molecule is O=C(Nc1cc(Cl)cc(C(=O)Nc2cccc([C@H]3CCCN3)c2)c1)OCc1ccccc1. The Morgan fingerprint density at radius 2 is 1.81 bits per heavy atom. The summed E-state index contributed by atoms with van der Waals surface area (Å²) in [7, 11) is 0. The van der Waals surface area contributed by atoms with Gasteiger partial charge in [-0.05, 0) is 60.8 Å². The number of hydrogen-bond donors (Lipinski definition) is 3. The molecule has 7 heteroatoms. The third-order valence-electron chi connectivity index (χ3n) is 5.23. The number of benzene rings is 3. The van der Waals surface area contributed by atoms with Gasteiger partial charge in [0.25, 0.3) is 5.91 Å². The maximum atomic E-state index is 12.8. The number of nitrogens with one attached hydrogen (secondary N) is 3. The highest BCUT2D eigenvalue weighted by Crippen LogP contribution is 2.26. The molecular weight excluding hydrogens is 426 g/mol. The molecule has 32 heavy (non-hydrogen) atoms. The van der Waals surface area contributed by atoms with Crippen LogP contribution in [0.3, 0.4) is 0 Å². The molecular formula is C25H24ClN3O3. The van der Waals surface area contributed by atoms with Crippen molar-refractivity contribution in [3.63, 3.8) is 0 Å². The minimum Gasteiger partial charge on any atom is -0.444 e. The summed E-state index contributed by atoms with van der Waals surface area (Å²) in [5.74, 6) is -0.315. The Hall–Kier alpha value is -3.35. The lowest BCUT2D eigenvalue weighted by atomic mass is 10.0. The van der Waals surface area contributed by atoms with E-state index in [2.05, 4.69) is 22.0 Å². The van der Waals surface area contributed by atoms with Gasteiger partial charge in [0.15, 0.2) is 0 Å². The second-order valence-electron chi connectivity index (χ2n) is 7.64. The molecule has 3 N–H and O–H groups in total. The number of hydrogen-bond acceptors (Lipinski definition) is 4. The van der Waals surface area contributed by atoms with Crippen molar-refractivity contribution < 1.29 is 14.3 Å². The molecule has 2 amide bonds. The van der Waals surface area contributed by atoms with Crippen molar-refractivity contribution >= 4 is 35.0 Å². The number of anilines is 2. The highest BCUT2D eigenvalue weighted by Gasteiger charge is 2.17. The van der Waals surface area contributed by atoms with E-state index in [1.807, 2.05) is 48.5 Å². The zero-order valence-electron chi connectivity index (χ0n) is 17.4. The number of amides is 2. The van der Waals surface area contributed by atoms with Crippen LogP contribution in [0.5, 0.6) is 0 Å². The van der Waals surface area contributed by atoms with Crippen molar-refractivity contribution in [2.75, 3.05) is 17.2 Å². The average Bonchev–Trinajstić information content (AvgIpc) is 3.33. The van der Waals surface area contributed by atoms with Crippen LogP contribution < -0.4 is 16.0 Å². The van der Waals surface area contributed by atoms with Crippen LogP contribution in [0.1, 0.15) is 40.4 Å². The van der Waals surface area contributed by atoms with E-state index in [1.54, 1.807) is 18.2 Å². The molecule has 1 aliphatic rings. The normalized spacial score (nSPS) is 15.2. The number of halogens is 1. The number of ether oxygens (including phenoxy) is 1. The van der Waals surface area contributed by atoms with Crippen molar-refractivity contribution in [3.05, 3.63) is 94.5 Å². The van der Waals surface area contributed by atoms with E-state index in [0.29, 0.717) is 28.0 Å². The lowest BCUT2D eigenvalue weighted by Crippen LogP contribution is -2.16. The van der Waals surface area contributed by atoms with Crippen LogP contribution in [0, 0.1) is 0 Å². The van der Waals surface area contributed by atoms with Crippen LogP contribution in [0.2, 0.25) is 5.02 Å². The Labute approximate surface area is 191 Å². The fraction of sp³-hybridized carbons (Fsp3) is 0.200. The van der Waals surface area contributed by atoms with Gasteiger partial charge in [-0.3, -0.25) is 10.1 Å². The largest absolute Gasteiger partial charge is 0.444 e. The first-order valence-electron chi connectivity index (χ1n) is 10.5. The molecule has 1 atom stereocenters. The molecule has 0 aromatic heterocycles. The van der Waals surface area contributed by atoms with Crippen LogP contribution in [-0.2, 0) is 11.3 Å². The molecule has 164 valence electrons. The molecule has 0 bridgehead atoms. The van der Waals surface area contributed by atoms with Gasteiger partial charge >= 0.3 is 6.09 Å². The molecule has 1 aliphatic heterocycles. The summed E-state index contributed by atoms with van der Waals surface area (Å²) in [6.45, 7) is 1.15. The Morgan fingerprint density at radius 1 is 0.969 bits per heavy atom. The van der Waals surface area contributed by atoms with Crippen molar-refractivity contribution in [2.45, 2.75) is 25.5 Å². The quantitative estimate of drug-likeness (QED) is 0.446. The summed E-state index contributed by atoms with van der Waals surface area (Å²) >= 11 is 6.18. The summed E-state index contributed by atoms with van der Waals surface area (Å²) in [6.07, 6.45) is 1.60. The Morgan fingerprint density at radius 3 is 2.59 bits per heavy atom. The second kappa shape index (κ2) is 10.3. The van der Waals surface area contributed by atoms with Gasteiger partial charge in [0, 0.05) is 28.0 Å². The van der Waals surface area contributed by atoms with Crippen LogP contribution in [0.25, 0.3) is 0 Å². The third-order valence-corrected chi connectivity index (χ3v) is 5.44. The van der Waals surface area contributed by atoms with Crippen molar-refractivity contribution in [2.24, 2.45) is 0 Å². The lowest BCUT2D eigenvalue weighted by Gasteiger charge is -2.13. The molecule has 1 fully saturated rings. The fourth-order valence-electron chi connectivity index (χ4n) is 3.68. The van der Waals surface area contributed by atoms with Crippen molar-refractivity contribution in [1.82, 2.24) is 5.32 Å². The average molecular weight is 450 g/mol. The third kappa shape index (κ3) is 5.87. The molecule has 1 saturated heterocycles. The molecule has 3 aromatic rings. The number of rotatable bonds is 6. The van der Waals surface area contributed by atoms with E-state index in [4.69, 9.17) is 16.3 Å². The molecule has 4 rings (SSSR count). The Bertz CT molecular complexity index is 1100. The van der Waals surface area contributed by atoms with Crippen LogP contribution in [0.15, 0.2) is 72.8 Å². The molecule has 6 nitrogen and oxygen atoms in total. The maximum Gasteiger partial charge on any atom is 0.411 e. The van der Waals surface area contributed by atoms with E-state index in [0.717, 1.165) is 30.5 Å². The maximum absolute atomic E-state index is 12.8. The van der Waals surface area contributed by atoms with Gasteiger partial charge in [-0.15, -0.1) is 0 Å². The Balaban J connectivity index is 1.40. The van der Waals surface area contributed by atoms with Crippen molar-refractivity contribution in [1.29, 1.82) is 0 Å². The van der Waals surface area contributed by atoms with Crippen LogP contribution >= 0.6 is 11.6 Å². The van der Waals surface area contributed by atoms with Gasteiger partial charge in [-0.2, -0.15) is 0 Å². The van der Waals surface area contributed by atoms with Gasteiger partial charge in [-0.1, -0.05) is 54.1 Å². The first-order valence-corrected chi connectivity index (χ1v) is 10.9. The van der Waals surface area contributed by atoms with Gasteiger partial charge in [0.05, 0.1) is 0 Å². The highest BCUT2D eigenvalue weighted by atomic mass is 35.5. The van der Waals surface area contributed by atoms with Crippen molar-refractivity contribution in [3.8, 4) is 0 Å². The predicted octanol–water partition coefficient (Wildman–Crippen LogP) is 5.77. The fourth-order valence-corrected chi connectivity index (χ4v) is 3.91. The first kappa shape index (κ1) is 21.9. The topological polar surface area (TPSA) is 79.5 Å². The van der Waals surface area contributed by atoms with Gasteiger partial charge in [0.2, 0.25) is 0 Å². The smallest absolute Gasteiger partial charge is 0.411 e. The lowest BCUT2D eigenvalue weighted by molar-refractivity contribution is 0.102. The summed E-state index contributed by atoms with van der Waals surface area (Å²) in [6, 6.07) is 22.2. The van der Waals surface area contributed by atoms with Crippen LogP contribution in [-0.4, -0.2) is 18.5 Å². The molecule has 3 aromatic carbocycles. The summed E-state index contributed by atoms with van der Waals surface area (Å²) in [4.78, 5) is 25.0. The summed E-state index contributed by atoms with van der Waals surface area (Å²) < 4.78 is 5.23. The monoisotopic (exact) mass is 449 g/mol. The molecule has 0 radical (unpaired) electrons. The van der Waals surface area contributed by atoms with E-state index in [1.165, 1.54) is 0 Å². The molecule has 0 spiro atoms. The minimum absolute atomic E-state index is 0.146. The number of carbonyl (C=O) groups is 2. The molecule has 0 unspecified atom stereocenters. The summed E-state index contributed by atoms with van der Waals surface area (Å²) in [5.41, 5.74) is 3.45. The molecule has 0 saturated carbocycles. The van der Waals surface area contributed by atoms with E-state index < -0.39 is 6.09 Å². The zero-order chi connectivity index (χ0) is 22.3. The molecule has 1 heterocycles. The first-order chi connectivity index (χ1) is 15.6. The highest BCUT2D eigenvalue weighted by molar-refractivity contribution is 6.31.